The highest BCUT2D eigenvalue weighted by Gasteiger charge is 2.18. The van der Waals surface area contributed by atoms with Crippen molar-refractivity contribution in [2.24, 2.45) is 35.5 Å². The lowest BCUT2D eigenvalue weighted by Crippen LogP contribution is -2.12. The molecule has 0 unspecified atom stereocenters. The molecule has 0 aromatic carbocycles. The van der Waals surface area contributed by atoms with Crippen LogP contribution in [0.1, 0.15) is 157 Å². The molecule has 0 bridgehead atoms. The van der Waals surface area contributed by atoms with Crippen LogP contribution in [0.4, 0.5) is 0 Å². The molecule has 180 valence electrons. The molecular formula is C30H60. The molecule has 3 fully saturated rings. The zero-order chi connectivity index (χ0) is 22.2. The summed E-state index contributed by atoms with van der Waals surface area (Å²) in [5.74, 6) is 6.36. The van der Waals surface area contributed by atoms with Crippen LogP contribution in [0.5, 0.6) is 0 Å². The summed E-state index contributed by atoms with van der Waals surface area (Å²) in [6, 6.07) is 0. The molecule has 30 heavy (non-hydrogen) atoms. The van der Waals surface area contributed by atoms with Crippen LogP contribution < -0.4 is 0 Å². The second kappa shape index (κ2) is 17.5. The first kappa shape index (κ1) is 28.0. The van der Waals surface area contributed by atoms with Crippen LogP contribution in [0, 0.1) is 35.5 Å². The average Bonchev–Trinajstić information content (AvgIpc) is 2.78. The topological polar surface area (TPSA) is 0 Å². The zero-order valence-electron chi connectivity index (χ0n) is 22.2. The summed E-state index contributed by atoms with van der Waals surface area (Å²) in [6.45, 7) is 14.0. The maximum absolute atomic E-state index is 2.39. The SMILES string of the molecule is CCC1CCC(CC)CC1.CCCC1CCC(C)CC1.CCCC1CCC(C)CC1. The standard InChI is InChI=1S/3C10H20/c2*1-3-4-10-7-5-9(2)6-8-10;1-3-9-5-7-10(4-2)8-6-9/h3*9-10H,3-8H2,1-2H3. The lowest BCUT2D eigenvalue weighted by molar-refractivity contribution is 0.264. The quantitative estimate of drug-likeness (QED) is 0.400. The summed E-state index contributed by atoms with van der Waals surface area (Å²) >= 11 is 0. The van der Waals surface area contributed by atoms with Gasteiger partial charge in [0.05, 0.1) is 0 Å². The predicted octanol–water partition coefficient (Wildman–Crippen LogP) is 10.8. The van der Waals surface area contributed by atoms with E-state index >= 15 is 0 Å². The molecular weight excluding hydrogens is 360 g/mol. The molecule has 0 atom stereocenters. The largest absolute Gasteiger partial charge is 0.0654 e. The first-order valence-corrected chi connectivity index (χ1v) is 14.5. The van der Waals surface area contributed by atoms with Gasteiger partial charge in [0.25, 0.3) is 0 Å². The van der Waals surface area contributed by atoms with Gasteiger partial charge in [0.1, 0.15) is 0 Å². The molecule has 0 aromatic rings. The zero-order valence-corrected chi connectivity index (χ0v) is 22.2. The monoisotopic (exact) mass is 420 g/mol. The fraction of sp³-hybridized carbons (Fsp3) is 1.00. The second-order valence-electron chi connectivity index (χ2n) is 11.5. The van der Waals surface area contributed by atoms with Crippen molar-refractivity contribution in [3.63, 3.8) is 0 Å². The van der Waals surface area contributed by atoms with E-state index in [0.29, 0.717) is 0 Å². The fourth-order valence-corrected chi connectivity index (χ4v) is 6.10. The van der Waals surface area contributed by atoms with E-state index in [1.54, 1.807) is 0 Å². The van der Waals surface area contributed by atoms with Crippen molar-refractivity contribution < 1.29 is 0 Å². The molecule has 0 radical (unpaired) electrons. The Hall–Kier alpha value is 0. The molecule has 3 rings (SSSR count). The summed E-state index contributed by atoms with van der Waals surface area (Å²) < 4.78 is 0. The number of hydrogen-bond acceptors (Lipinski definition) is 0. The predicted molar refractivity (Wildman–Crippen MR) is 138 cm³/mol. The average molecular weight is 421 g/mol. The Morgan fingerprint density at radius 1 is 0.400 bits per heavy atom. The molecule has 3 aliphatic carbocycles. The van der Waals surface area contributed by atoms with Gasteiger partial charge in [0.15, 0.2) is 0 Å². The minimum Gasteiger partial charge on any atom is -0.0654 e. The van der Waals surface area contributed by atoms with E-state index in [1.165, 1.54) is 116 Å². The van der Waals surface area contributed by atoms with E-state index in [-0.39, 0.29) is 0 Å². The van der Waals surface area contributed by atoms with E-state index < -0.39 is 0 Å². The summed E-state index contributed by atoms with van der Waals surface area (Å²) in [5.41, 5.74) is 0. The summed E-state index contributed by atoms with van der Waals surface area (Å²) in [4.78, 5) is 0. The van der Waals surface area contributed by atoms with Gasteiger partial charge in [-0.25, -0.2) is 0 Å². The van der Waals surface area contributed by atoms with E-state index in [9.17, 15) is 0 Å². The van der Waals surface area contributed by atoms with Crippen LogP contribution in [-0.2, 0) is 0 Å². The first-order valence-electron chi connectivity index (χ1n) is 14.5. The van der Waals surface area contributed by atoms with Crippen LogP contribution in [0.3, 0.4) is 0 Å². The Bertz CT molecular complexity index is 312. The molecule has 0 nitrogen and oxygen atoms in total. The van der Waals surface area contributed by atoms with Gasteiger partial charge < -0.3 is 0 Å². The van der Waals surface area contributed by atoms with Gasteiger partial charge in [-0.2, -0.15) is 0 Å². The lowest BCUT2D eigenvalue weighted by atomic mass is 9.80. The number of hydrogen-bond donors (Lipinski definition) is 0. The lowest BCUT2D eigenvalue weighted by Gasteiger charge is -2.26. The van der Waals surface area contributed by atoms with Gasteiger partial charge in [-0.1, -0.05) is 157 Å². The normalized spacial score (nSPS) is 34.2. The van der Waals surface area contributed by atoms with E-state index in [4.69, 9.17) is 0 Å². The molecule has 0 spiro atoms. The van der Waals surface area contributed by atoms with Gasteiger partial charge in [-0.15, -0.1) is 0 Å². The first-order chi connectivity index (χ1) is 14.5. The number of rotatable bonds is 6. The highest BCUT2D eigenvalue weighted by Crippen LogP contribution is 2.32. The van der Waals surface area contributed by atoms with Crippen molar-refractivity contribution in [3.05, 3.63) is 0 Å². The summed E-state index contributed by atoms with van der Waals surface area (Å²) in [5, 5.41) is 0. The van der Waals surface area contributed by atoms with Gasteiger partial charge in [-0.05, 0) is 35.5 Å². The third kappa shape index (κ3) is 12.8. The van der Waals surface area contributed by atoms with Gasteiger partial charge >= 0.3 is 0 Å². The van der Waals surface area contributed by atoms with Crippen molar-refractivity contribution in [1.82, 2.24) is 0 Å². The van der Waals surface area contributed by atoms with Crippen LogP contribution in [0.25, 0.3) is 0 Å². The van der Waals surface area contributed by atoms with Crippen molar-refractivity contribution in [1.29, 1.82) is 0 Å². The Morgan fingerprint density at radius 3 is 0.900 bits per heavy atom. The Kier molecular flexibility index (Phi) is 16.4. The van der Waals surface area contributed by atoms with Crippen molar-refractivity contribution in [2.75, 3.05) is 0 Å². The Morgan fingerprint density at radius 2 is 0.667 bits per heavy atom. The van der Waals surface area contributed by atoms with Gasteiger partial charge in [-0.3, -0.25) is 0 Å². The minimum atomic E-state index is 1.02. The van der Waals surface area contributed by atoms with Crippen LogP contribution >= 0.6 is 0 Å². The van der Waals surface area contributed by atoms with E-state index in [1.807, 2.05) is 0 Å². The molecule has 0 aliphatic heterocycles. The van der Waals surface area contributed by atoms with Gasteiger partial charge in [0.2, 0.25) is 0 Å². The van der Waals surface area contributed by atoms with E-state index in [0.717, 1.165) is 35.5 Å². The molecule has 0 heteroatoms. The van der Waals surface area contributed by atoms with Gasteiger partial charge in [0, 0.05) is 0 Å². The third-order valence-electron chi connectivity index (χ3n) is 8.79. The highest BCUT2D eigenvalue weighted by atomic mass is 14.2. The molecule has 0 heterocycles. The second-order valence-corrected chi connectivity index (χ2v) is 11.5. The molecule has 0 saturated heterocycles. The van der Waals surface area contributed by atoms with Crippen molar-refractivity contribution in [3.8, 4) is 0 Å². The molecule has 0 aromatic heterocycles. The van der Waals surface area contributed by atoms with Crippen LogP contribution in [-0.4, -0.2) is 0 Å². The Balaban J connectivity index is 0.000000225. The van der Waals surface area contributed by atoms with Crippen molar-refractivity contribution in [2.45, 2.75) is 157 Å². The van der Waals surface area contributed by atoms with Crippen molar-refractivity contribution >= 4 is 0 Å². The maximum Gasteiger partial charge on any atom is -0.0414 e. The highest BCUT2D eigenvalue weighted by molar-refractivity contribution is 4.71. The minimum absolute atomic E-state index is 1.02. The van der Waals surface area contributed by atoms with Crippen LogP contribution in [0.2, 0.25) is 0 Å². The molecule has 0 N–H and O–H groups in total. The molecule has 3 aliphatic rings. The van der Waals surface area contributed by atoms with E-state index in [2.05, 4.69) is 41.5 Å². The third-order valence-corrected chi connectivity index (χ3v) is 8.79. The van der Waals surface area contributed by atoms with Crippen LogP contribution in [0.15, 0.2) is 0 Å². The molecule has 0 amide bonds. The summed E-state index contributed by atoms with van der Waals surface area (Å²) in [7, 11) is 0. The Labute approximate surface area is 192 Å². The summed E-state index contributed by atoms with van der Waals surface area (Å²) in [6.07, 6.45) is 26.6. The molecule has 3 saturated carbocycles. The smallest absolute Gasteiger partial charge is 0.0414 e. The fourth-order valence-electron chi connectivity index (χ4n) is 6.10. The maximum atomic E-state index is 2.39.